The summed E-state index contributed by atoms with van der Waals surface area (Å²) < 4.78 is 33.9. The fraction of sp³-hybridized carbons (Fsp3) is 0.333. The lowest BCUT2D eigenvalue weighted by molar-refractivity contribution is -0.135. The second-order valence-electron chi connectivity index (χ2n) is 6.82. The Labute approximate surface area is 166 Å². The summed E-state index contributed by atoms with van der Waals surface area (Å²) in [7, 11) is 0. The Bertz CT molecular complexity index is 950. The summed E-state index contributed by atoms with van der Waals surface area (Å²) in [6.45, 7) is 2.43. The van der Waals surface area contributed by atoms with E-state index in [1.165, 1.54) is 16.8 Å². The lowest BCUT2D eigenvalue weighted by Gasteiger charge is -2.39. The van der Waals surface area contributed by atoms with Gasteiger partial charge in [0.2, 0.25) is 5.91 Å². The number of rotatable bonds is 4. The fourth-order valence-corrected chi connectivity index (χ4v) is 4.93. The molecule has 2 heterocycles. The van der Waals surface area contributed by atoms with Crippen molar-refractivity contribution in [2.75, 3.05) is 6.61 Å². The van der Waals surface area contributed by atoms with E-state index in [-0.39, 0.29) is 11.5 Å². The van der Waals surface area contributed by atoms with Crippen molar-refractivity contribution in [3.05, 3.63) is 65.2 Å². The molecule has 0 radical (unpaired) electrons. The number of para-hydroxylation sites is 1. The molecule has 0 saturated heterocycles. The lowest BCUT2D eigenvalue weighted by atomic mass is 9.98. The summed E-state index contributed by atoms with van der Waals surface area (Å²) in [5, 5.41) is 6.26. The van der Waals surface area contributed by atoms with Crippen molar-refractivity contribution in [1.29, 1.82) is 0 Å². The third kappa shape index (κ3) is 3.17. The van der Waals surface area contributed by atoms with Gasteiger partial charge in [-0.15, -0.1) is 0 Å². The summed E-state index contributed by atoms with van der Waals surface area (Å²) in [5.41, 5.74) is 0.894. The highest BCUT2D eigenvalue weighted by Crippen LogP contribution is 2.54. The van der Waals surface area contributed by atoms with E-state index in [9.17, 15) is 13.6 Å². The molecule has 0 bridgehead atoms. The Morgan fingerprint density at radius 1 is 1.29 bits per heavy atom. The van der Waals surface area contributed by atoms with Gasteiger partial charge < -0.3 is 4.74 Å². The van der Waals surface area contributed by atoms with E-state index in [1.807, 2.05) is 31.2 Å². The van der Waals surface area contributed by atoms with Gasteiger partial charge in [0.25, 0.3) is 0 Å². The molecular formula is C21H20F2N2O2S. The average Bonchev–Trinajstić information content (AvgIpc) is 3.08. The number of amides is 1. The molecule has 2 aromatic rings. The van der Waals surface area contributed by atoms with E-state index in [1.54, 1.807) is 0 Å². The molecule has 146 valence electrons. The standard InChI is InChI=1S/C21H20F2N2O2S/c1-2-3-8-19(26)25-21(11-12-27-18-7-5-4-6-16(18)21)28-20(24-25)15-13-14(22)9-10-17(15)23/h4-7,9-10,13H,2-3,8,11-12H2,1H3/t21-/m1/s1. The van der Waals surface area contributed by atoms with Gasteiger partial charge in [0.05, 0.1) is 6.61 Å². The van der Waals surface area contributed by atoms with Crippen molar-refractivity contribution in [2.24, 2.45) is 5.10 Å². The molecule has 0 fully saturated rings. The number of fused-ring (bicyclic) bond motifs is 2. The highest BCUT2D eigenvalue weighted by atomic mass is 32.2. The van der Waals surface area contributed by atoms with Crippen LogP contribution in [0.1, 0.15) is 43.7 Å². The molecule has 1 atom stereocenters. The molecular weight excluding hydrogens is 382 g/mol. The van der Waals surface area contributed by atoms with Crippen LogP contribution in [0.2, 0.25) is 0 Å². The van der Waals surface area contributed by atoms with Crippen LogP contribution in [0.25, 0.3) is 0 Å². The van der Waals surface area contributed by atoms with E-state index in [0.29, 0.717) is 30.2 Å². The summed E-state index contributed by atoms with van der Waals surface area (Å²) in [6, 6.07) is 10.8. The molecule has 0 aromatic heterocycles. The number of nitrogens with zero attached hydrogens (tertiary/aromatic N) is 2. The van der Waals surface area contributed by atoms with Crippen LogP contribution in [0.5, 0.6) is 5.75 Å². The van der Waals surface area contributed by atoms with Gasteiger partial charge in [-0.1, -0.05) is 43.3 Å². The van der Waals surface area contributed by atoms with Gasteiger partial charge in [0.1, 0.15) is 27.3 Å². The molecule has 0 saturated carbocycles. The van der Waals surface area contributed by atoms with Crippen molar-refractivity contribution in [2.45, 2.75) is 37.5 Å². The lowest BCUT2D eigenvalue weighted by Crippen LogP contribution is -2.44. The first-order valence-electron chi connectivity index (χ1n) is 9.33. The highest BCUT2D eigenvalue weighted by molar-refractivity contribution is 8.15. The molecule has 28 heavy (non-hydrogen) atoms. The van der Waals surface area contributed by atoms with Gasteiger partial charge in [-0.2, -0.15) is 5.10 Å². The number of hydrogen-bond acceptors (Lipinski definition) is 4. The number of ether oxygens (including phenoxy) is 1. The third-order valence-corrected chi connectivity index (χ3v) is 6.37. The third-order valence-electron chi connectivity index (χ3n) is 4.94. The number of carbonyl (C=O) groups is 1. The van der Waals surface area contributed by atoms with Crippen molar-refractivity contribution in [1.82, 2.24) is 5.01 Å². The predicted octanol–water partition coefficient (Wildman–Crippen LogP) is 5.03. The minimum absolute atomic E-state index is 0.0686. The van der Waals surface area contributed by atoms with Crippen molar-refractivity contribution in [3.8, 4) is 5.75 Å². The second-order valence-corrected chi connectivity index (χ2v) is 8.09. The fourth-order valence-electron chi connectivity index (χ4n) is 3.53. The Balaban J connectivity index is 1.81. The Hall–Kier alpha value is -2.41. The smallest absolute Gasteiger partial charge is 0.244 e. The van der Waals surface area contributed by atoms with Gasteiger partial charge >= 0.3 is 0 Å². The molecule has 4 nitrogen and oxygen atoms in total. The van der Waals surface area contributed by atoms with Crippen molar-refractivity contribution >= 4 is 22.7 Å². The second kappa shape index (κ2) is 7.54. The number of hydrazone groups is 1. The summed E-state index contributed by atoms with van der Waals surface area (Å²) in [6.07, 6.45) is 2.49. The average molecular weight is 402 g/mol. The van der Waals surface area contributed by atoms with Crippen LogP contribution < -0.4 is 4.74 Å². The van der Waals surface area contributed by atoms with Crippen LogP contribution in [0.15, 0.2) is 47.6 Å². The summed E-state index contributed by atoms with van der Waals surface area (Å²) in [4.78, 5) is 12.2. The Morgan fingerprint density at radius 3 is 2.93 bits per heavy atom. The monoisotopic (exact) mass is 402 g/mol. The van der Waals surface area contributed by atoms with Gasteiger partial charge in [0, 0.05) is 24.0 Å². The quantitative estimate of drug-likeness (QED) is 0.721. The predicted molar refractivity (Wildman–Crippen MR) is 105 cm³/mol. The number of benzene rings is 2. The molecule has 0 aliphatic carbocycles. The first kappa shape index (κ1) is 18.9. The zero-order valence-electron chi connectivity index (χ0n) is 15.5. The van der Waals surface area contributed by atoms with Gasteiger partial charge in [-0.05, 0) is 30.7 Å². The Kier molecular flexibility index (Phi) is 5.10. The molecule has 0 N–H and O–H groups in total. The first-order valence-corrected chi connectivity index (χ1v) is 10.2. The summed E-state index contributed by atoms with van der Waals surface area (Å²) >= 11 is 1.29. The molecule has 0 unspecified atom stereocenters. The highest BCUT2D eigenvalue weighted by Gasteiger charge is 2.51. The van der Waals surface area contributed by atoms with Crippen LogP contribution in [0.4, 0.5) is 8.78 Å². The minimum atomic E-state index is -0.812. The molecule has 1 spiro atoms. The number of thioether (sulfide) groups is 1. The summed E-state index contributed by atoms with van der Waals surface area (Å²) in [5.74, 6) is -0.550. The molecule has 1 amide bonds. The molecule has 4 rings (SSSR count). The zero-order valence-corrected chi connectivity index (χ0v) is 16.3. The maximum atomic E-state index is 14.4. The largest absolute Gasteiger partial charge is 0.493 e. The van der Waals surface area contributed by atoms with Crippen LogP contribution in [-0.2, 0) is 9.67 Å². The number of unbranched alkanes of at least 4 members (excludes halogenated alkanes) is 1. The van der Waals surface area contributed by atoms with Crippen LogP contribution in [-0.4, -0.2) is 22.6 Å². The van der Waals surface area contributed by atoms with E-state index in [0.717, 1.165) is 36.6 Å². The first-order chi connectivity index (χ1) is 13.5. The molecule has 2 aliphatic heterocycles. The van der Waals surface area contributed by atoms with E-state index in [4.69, 9.17) is 4.74 Å². The van der Waals surface area contributed by atoms with Crippen LogP contribution >= 0.6 is 11.8 Å². The number of halogens is 2. The topological polar surface area (TPSA) is 41.9 Å². The number of hydrogen-bond donors (Lipinski definition) is 0. The molecule has 2 aromatic carbocycles. The zero-order chi connectivity index (χ0) is 19.7. The maximum Gasteiger partial charge on any atom is 0.244 e. The van der Waals surface area contributed by atoms with E-state index < -0.39 is 16.5 Å². The van der Waals surface area contributed by atoms with Gasteiger partial charge in [-0.25, -0.2) is 13.8 Å². The minimum Gasteiger partial charge on any atom is -0.493 e. The normalized spacial score (nSPS) is 20.7. The van der Waals surface area contributed by atoms with Crippen LogP contribution in [0, 0.1) is 11.6 Å². The van der Waals surface area contributed by atoms with Gasteiger partial charge in [-0.3, -0.25) is 4.79 Å². The maximum absolute atomic E-state index is 14.4. The number of carbonyl (C=O) groups excluding carboxylic acids is 1. The molecule has 2 aliphatic rings. The van der Waals surface area contributed by atoms with Crippen molar-refractivity contribution in [3.63, 3.8) is 0 Å². The Morgan fingerprint density at radius 2 is 2.11 bits per heavy atom. The van der Waals surface area contributed by atoms with E-state index >= 15 is 0 Å². The van der Waals surface area contributed by atoms with Gasteiger partial charge in [0.15, 0.2) is 0 Å². The molecule has 7 heteroatoms. The van der Waals surface area contributed by atoms with E-state index in [2.05, 4.69) is 5.10 Å². The van der Waals surface area contributed by atoms with Crippen LogP contribution in [0.3, 0.4) is 0 Å². The van der Waals surface area contributed by atoms with Crippen molar-refractivity contribution < 1.29 is 18.3 Å². The SMILES string of the molecule is CCCCC(=O)N1N=C(c2cc(F)ccc2F)S[C@@]12CCOc1ccccc12.